The minimum absolute atomic E-state index is 0.149. The molecule has 1 atom stereocenters. The summed E-state index contributed by atoms with van der Waals surface area (Å²) in [6, 6.07) is 20.9. The summed E-state index contributed by atoms with van der Waals surface area (Å²) in [5.41, 5.74) is 3.24. The van der Waals surface area contributed by atoms with Crippen LogP contribution in [0.5, 0.6) is 5.75 Å². The molecular weight excluding hydrogens is 428 g/mol. The molecule has 2 aromatic carbocycles. The molecule has 0 N–H and O–H groups in total. The van der Waals surface area contributed by atoms with Gasteiger partial charge in [0.2, 0.25) is 0 Å². The Balaban J connectivity index is 1.26. The van der Waals surface area contributed by atoms with Gasteiger partial charge < -0.3 is 9.64 Å². The van der Waals surface area contributed by atoms with Gasteiger partial charge in [-0.3, -0.25) is 9.69 Å². The maximum absolute atomic E-state index is 13.1. The predicted molar refractivity (Wildman–Crippen MR) is 136 cm³/mol. The van der Waals surface area contributed by atoms with E-state index in [-0.39, 0.29) is 11.9 Å². The summed E-state index contributed by atoms with van der Waals surface area (Å²) in [7, 11) is 2.15. The van der Waals surface area contributed by atoms with Gasteiger partial charge in [0.15, 0.2) is 0 Å². The van der Waals surface area contributed by atoms with Gasteiger partial charge >= 0.3 is 0 Å². The van der Waals surface area contributed by atoms with E-state index in [1.165, 1.54) is 22.4 Å². The third-order valence-corrected chi connectivity index (χ3v) is 7.15. The Kier molecular flexibility index (Phi) is 8.19. The normalized spacial score (nSPS) is 16.2. The highest BCUT2D eigenvalue weighted by atomic mass is 32.1. The lowest BCUT2D eigenvalue weighted by Gasteiger charge is -2.36. The van der Waals surface area contributed by atoms with Crippen molar-refractivity contribution in [2.24, 2.45) is 0 Å². The second-order valence-corrected chi connectivity index (χ2v) is 10.1. The summed E-state index contributed by atoms with van der Waals surface area (Å²) in [5.74, 6) is 1.04. The summed E-state index contributed by atoms with van der Waals surface area (Å²) in [5, 5.41) is 2.13. The average molecular weight is 463 g/mol. The van der Waals surface area contributed by atoms with E-state index in [0.29, 0.717) is 6.61 Å². The standard InChI is InChI=1S/C28H34N2O2S/c1-22-8-12-24(13-9-22)28(31)30-17-4-3-6-25(30)16-18-32-26-14-10-23(11-15-26)20-29(2)21-27-7-5-19-33-27/h5,7-15,19,25H,3-4,6,16-18,20-21H2,1-2H3. The summed E-state index contributed by atoms with van der Waals surface area (Å²) >= 11 is 1.80. The fourth-order valence-corrected chi connectivity index (χ4v) is 5.25. The molecule has 0 spiro atoms. The molecule has 1 aliphatic rings. The number of rotatable bonds is 9. The van der Waals surface area contributed by atoms with Gasteiger partial charge in [-0.25, -0.2) is 0 Å². The number of nitrogens with zero attached hydrogens (tertiary/aromatic N) is 2. The Morgan fingerprint density at radius 3 is 2.58 bits per heavy atom. The molecule has 2 heterocycles. The molecule has 1 saturated heterocycles. The second kappa shape index (κ2) is 11.5. The van der Waals surface area contributed by atoms with Crippen molar-refractivity contribution in [2.45, 2.75) is 51.7 Å². The molecule has 4 rings (SSSR count). The molecule has 0 bridgehead atoms. The van der Waals surface area contributed by atoms with Crippen molar-refractivity contribution in [2.75, 3.05) is 20.2 Å². The largest absolute Gasteiger partial charge is 0.494 e. The molecule has 174 valence electrons. The zero-order valence-electron chi connectivity index (χ0n) is 19.7. The van der Waals surface area contributed by atoms with E-state index in [1.54, 1.807) is 11.3 Å². The van der Waals surface area contributed by atoms with Crippen LogP contribution in [0.3, 0.4) is 0 Å². The van der Waals surface area contributed by atoms with Gasteiger partial charge in [0.1, 0.15) is 5.75 Å². The lowest BCUT2D eigenvalue weighted by atomic mass is 9.98. The Bertz CT molecular complexity index is 999. The van der Waals surface area contributed by atoms with Crippen LogP contribution in [0.15, 0.2) is 66.0 Å². The van der Waals surface area contributed by atoms with Gasteiger partial charge in [-0.15, -0.1) is 11.3 Å². The SMILES string of the molecule is Cc1ccc(C(=O)N2CCCCC2CCOc2ccc(CN(C)Cc3cccs3)cc2)cc1. The Labute approximate surface area is 201 Å². The molecule has 1 fully saturated rings. The highest BCUT2D eigenvalue weighted by Crippen LogP contribution is 2.23. The number of likely N-dealkylation sites (tertiary alicyclic amines) is 1. The molecule has 33 heavy (non-hydrogen) atoms. The lowest BCUT2D eigenvalue weighted by Crippen LogP contribution is -2.44. The van der Waals surface area contributed by atoms with E-state index >= 15 is 0 Å². The minimum Gasteiger partial charge on any atom is -0.494 e. The molecule has 1 aromatic heterocycles. The first kappa shape index (κ1) is 23.5. The van der Waals surface area contributed by atoms with Crippen LogP contribution in [0.25, 0.3) is 0 Å². The zero-order valence-corrected chi connectivity index (χ0v) is 20.5. The zero-order chi connectivity index (χ0) is 23.0. The third kappa shape index (κ3) is 6.68. The summed E-state index contributed by atoms with van der Waals surface area (Å²) in [4.78, 5) is 18.8. The summed E-state index contributed by atoms with van der Waals surface area (Å²) in [6.45, 7) is 5.39. The quantitative estimate of drug-likeness (QED) is 0.382. The van der Waals surface area contributed by atoms with E-state index in [9.17, 15) is 4.79 Å². The first-order valence-electron chi connectivity index (χ1n) is 11.9. The van der Waals surface area contributed by atoms with E-state index < -0.39 is 0 Å². The molecule has 4 nitrogen and oxygen atoms in total. The van der Waals surface area contributed by atoms with Crippen LogP contribution in [0, 0.1) is 6.92 Å². The second-order valence-electron chi connectivity index (χ2n) is 9.05. The molecule has 1 aliphatic heterocycles. The highest BCUT2D eigenvalue weighted by Gasteiger charge is 2.27. The summed E-state index contributed by atoms with van der Waals surface area (Å²) in [6.07, 6.45) is 4.17. The molecule has 0 radical (unpaired) electrons. The Hall–Kier alpha value is -2.63. The van der Waals surface area contributed by atoms with Crippen LogP contribution in [0.4, 0.5) is 0 Å². The average Bonchev–Trinajstić information content (AvgIpc) is 3.33. The van der Waals surface area contributed by atoms with E-state index in [4.69, 9.17) is 4.74 Å². The smallest absolute Gasteiger partial charge is 0.254 e. The van der Waals surface area contributed by atoms with E-state index in [2.05, 4.69) is 58.6 Å². The fourth-order valence-electron chi connectivity index (χ4n) is 4.47. The number of benzene rings is 2. The molecule has 3 aromatic rings. The molecule has 5 heteroatoms. The van der Waals surface area contributed by atoms with Gasteiger partial charge in [-0.2, -0.15) is 0 Å². The van der Waals surface area contributed by atoms with Crippen LogP contribution in [-0.2, 0) is 13.1 Å². The third-order valence-electron chi connectivity index (χ3n) is 6.29. The van der Waals surface area contributed by atoms with Crippen molar-refractivity contribution in [3.8, 4) is 5.75 Å². The first-order chi connectivity index (χ1) is 16.1. The highest BCUT2D eigenvalue weighted by molar-refractivity contribution is 7.09. The van der Waals surface area contributed by atoms with Crippen LogP contribution in [-0.4, -0.2) is 41.9 Å². The molecular formula is C28H34N2O2S. The van der Waals surface area contributed by atoms with Crippen molar-refractivity contribution < 1.29 is 9.53 Å². The number of hydrogen-bond donors (Lipinski definition) is 0. The number of carbonyl (C=O) groups is 1. The lowest BCUT2D eigenvalue weighted by molar-refractivity contribution is 0.0580. The Morgan fingerprint density at radius 1 is 1.06 bits per heavy atom. The van der Waals surface area contributed by atoms with Gasteiger partial charge in [-0.05, 0) is 74.5 Å². The number of carbonyl (C=O) groups excluding carboxylic acids is 1. The van der Waals surface area contributed by atoms with Crippen molar-refractivity contribution in [3.05, 3.63) is 87.6 Å². The van der Waals surface area contributed by atoms with Gasteiger partial charge in [-0.1, -0.05) is 35.9 Å². The number of amides is 1. The monoisotopic (exact) mass is 462 g/mol. The molecule has 0 saturated carbocycles. The van der Waals surface area contributed by atoms with Crippen LogP contribution in [0.1, 0.15) is 52.0 Å². The number of thiophene rings is 1. The number of piperidine rings is 1. The van der Waals surface area contributed by atoms with E-state index in [0.717, 1.165) is 50.2 Å². The number of hydrogen-bond acceptors (Lipinski definition) is 4. The molecule has 1 unspecified atom stereocenters. The van der Waals surface area contributed by atoms with Gasteiger partial charge in [0, 0.05) is 42.5 Å². The topological polar surface area (TPSA) is 32.8 Å². The van der Waals surface area contributed by atoms with Crippen molar-refractivity contribution in [3.63, 3.8) is 0 Å². The maximum atomic E-state index is 13.1. The predicted octanol–water partition coefficient (Wildman–Crippen LogP) is 6.15. The number of ether oxygens (including phenoxy) is 1. The van der Waals surface area contributed by atoms with Crippen LogP contribution < -0.4 is 4.74 Å². The van der Waals surface area contributed by atoms with E-state index in [1.807, 2.05) is 31.2 Å². The first-order valence-corrected chi connectivity index (χ1v) is 12.8. The van der Waals surface area contributed by atoms with Gasteiger partial charge in [0.25, 0.3) is 5.91 Å². The van der Waals surface area contributed by atoms with Crippen LogP contribution in [0.2, 0.25) is 0 Å². The Morgan fingerprint density at radius 2 is 1.85 bits per heavy atom. The van der Waals surface area contributed by atoms with Crippen molar-refractivity contribution in [1.82, 2.24) is 9.80 Å². The maximum Gasteiger partial charge on any atom is 0.254 e. The van der Waals surface area contributed by atoms with Crippen molar-refractivity contribution in [1.29, 1.82) is 0 Å². The van der Waals surface area contributed by atoms with Crippen molar-refractivity contribution >= 4 is 17.2 Å². The molecule has 1 amide bonds. The fraction of sp³-hybridized carbons (Fsp3) is 0.393. The summed E-state index contributed by atoms with van der Waals surface area (Å²) < 4.78 is 6.05. The minimum atomic E-state index is 0.149. The number of aryl methyl sites for hydroxylation is 1. The van der Waals surface area contributed by atoms with Crippen LogP contribution >= 0.6 is 11.3 Å². The van der Waals surface area contributed by atoms with Gasteiger partial charge in [0.05, 0.1) is 6.61 Å². The molecule has 0 aliphatic carbocycles.